The lowest BCUT2D eigenvalue weighted by Crippen LogP contribution is -2.50. The minimum absolute atomic E-state index is 0.326. The van der Waals surface area contributed by atoms with E-state index in [1.54, 1.807) is 0 Å². The van der Waals surface area contributed by atoms with Crippen molar-refractivity contribution < 1.29 is 39.6 Å². The van der Waals surface area contributed by atoms with Gasteiger partial charge < -0.3 is 4.90 Å². The summed E-state index contributed by atoms with van der Waals surface area (Å²) in [5.41, 5.74) is -0.836. The van der Waals surface area contributed by atoms with Crippen LogP contribution in [0.4, 0.5) is 26.3 Å². The fourth-order valence-corrected chi connectivity index (χ4v) is 4.78. The van der Waals surface area contributed by atoms with Crippen molar-refractivity contribution in [2.45, 2.75) is 42.4 Å². The second-order valence-electron chi connectivity index (χ2n) is 6.39. The van der Waals surface area contributed by atoms with Crippen LogP contribution < -0.4 is 0 Å². The van der Waals surface area contributed by atoms with Gasteiger partial charge in [0.1, 0.15) is 5.69 Å². The minimum Gasteiger partial charge on any atom is -0.335 e. The van der Waals surface area contributed by atoms with E-state index in [9.17, 15) is 35.2 Å². The molecule has 1 amide bonds. The lowest BCUT2D eigenvalue weighted by atomic mass is 9.92. The molecular weight excluding hydrogens is 404 g/mol. The number of piperidine rings is 1. The van der Waals surface area contributed by atoms with Crippen LogP contribution in [0, 0.1) is 5.92 Å². The highest BCUT2D eigenvalue weighted by Gasteiger charge is 2.51. The van der Waals surface area contributed by atoms with Crippen molar-refractivity contribution in [3.05, 3.63) is 11.8 Å². The van der Waals surface area contributed by atoms with Gasteiger partial charge in [-0.05, 0) is 19.8 Å². The molecule has 27 heavy (non-hydrogen) atoms. The van der Waals surface area contributed by atoms with Gasteiger partial charge >= 0.3 is 12.1 Å². The maximum Gasteiger partial charge on any atom is 0.471 e. The Balaban J connectivity index is 2.22. The summed E-state index contributed by atoms with van der Waals surface area (Å²) in [6.45, 7) is -0.194. The normalized spacial score (nSPS) is 19.4. The van der Waals surface area contributed by atoms with Crippen molar-refractivity contribution in [2.75, 3.05) is 13.1 Å². The molecule has 1 atom stereocenters. The van der Waals surface area contributed by atoms with E-state index in [4.69, 9.17) is 0 Å². The molecule has 0 saturated carbocycles. The summed E-state index contributed by atoms with van der Waals surface area (Å²) in [4.78, 5) is 11.7. The molecule has 0 radical (unpaired) electrons. The lowest BCUT2D eigenvalue weighted by molar-refractivity contribution is -0.187. The van der Waals surface area contributed by atoms with Crippen molar-refractivity contribution >= 4 is 15.7 Å². The predicted molar refractivity (Wildman–Crippen MR) is 80.2 cm³/mol. The standard InChI is InChI=1S/C14H17F6N3O3S/c1-13(17,8-3-5-23(6-4-8)12(24)14(18,19)20)27(25,26)10-7-9(11(15)16)21-22(10)2/h7-8,11H,3-6H2,1-2H3. The van der Waals surface area contributed by atoms with E-state index in [1.807, 2.05) is 0 Å². The molecule has 2 heterocycles. The van der Waals surface area contributed by atoms with E-state index < -0.39 is 63.1 Å². The van der Waals surface area contributed by atoms with Crippen LogP contribution in [0.5, 0.6) is 0 Å². The SMILES string of the molecule is Cn1nc(C(F)F)cc1S(=O)(=O)C(C)(F)C1CCN(C(=O)C(F)(F)F)CC1. The Morgan fingerprint density at radius 3 is 2.15 bits per heavy atom. The minimum atomic E-state index is -5.07. The number of sulfone groups is 1. The molecule has 2 rings (SSSR count). The van der Waals surface area contributed by atoms with Crippen molar-refractivity contribution in [3.63, 3.8) is 0 Å². The number of hydrogen-bond donors (Lipinski definition) is 0. The van der Waals surface area contributed by atoms with Crippen LogP contribution in [0.25, 0.3) is 0 Å². The molecule has 1 aliphatic rings. The number of halogens is 6. The number of hydrogen-bond acceptors (Lipinski definition) is 4. The summed E-state index contributed by atoms with van der Waals surface area (Å²) in [6.07, 6.45) is -8.78. The maximum absolute atomic E-state index is 15.2. The van der Waals surface area contributed by atoms with E-state index in [-0.39, 0.29) is 12.8 Å². The smallest absolute Gasteiger partial charge is 0.335 e. The zero-order valence-electron chi connectivity index (χ0n) is 14.3. The van der Waals surface area contributed by atoms with Crippen LogP contribution in [0.3, 0.4) is 0 Å². The molecule has 1 aromatic rings. The number of aromatic nitrogens is 2. The molecule has 1 fully saturated rings. The Bertz CT molecular complexity index is 811. The number of aryl methyl sites for hydroxylation is 1. The Morgan fingerprint density at radius 2 is 1.74 bits per heavy atom. The van der Waals surface area contributed by atoms with Crippen molar-refractivity contribution in [1.29, 1.82) is 0 Å². The van der Waals surface area contributed by atoms with Gasteiger partial charge in [-0.2, -0.15) is 18.3 Å². The molecule has 0 N–H and O–H groups in total. The van der Waals surface area contributed by atoms with Crippen LogP contribution in [0.2, 0.25) is 0 Å². The Morgan fingerprint density at radius 1 is 1.22 bits per heavy atom. The molecule has 1 unspecified atom stereocenters. The van der Waals surface area contributed by atoms with Crippen molar-refractivity contribution in [2.24, 2.45) is 13.0 Å². The third kappa shape index (κ3) is 3.92. The van der Waals surface area contributed by atoms with Crippen LogP contribution >= 0.6 is 0 Å². The first-order chi connectivity index (χ1) is 12.2. The largest absolute Gasteiger partial charge is 0.471 e. The van der Waals surface area contributed by atoms with Crippen molar-refractivity contribution in [1.82, 2.24) is 14.7 Å². The average Bonchev–Trinajstić information content (AvgIpc) is 2.96. The first kappa shape index (κ1) is 21.5. The highest BCUT2D eigenvalue weighted by atomic mass is 32.2. The van der Waals surface area contributed by atoms with Gasteiger partial charge in [-0.25, -0.2) is 21.6 Å². The third-order valence-electron chi connectivity index (χ3n) is 4.63. The average molecular weight is 421 g/mol. The molecule has 1 aliphatic heterocycles. The quantitative estimate of drug-likeness (QED) is 0.701. The molecule has 0 bridgehead atoms. The molecule has 1 aromatic heterocycles. The van der Waals surface area contributed by atoms with Crippen LogP contribution in [-0.4, -0.2) is 53.3 Å². The number of carbonyl (C=O) groups excluding carboxylic acids is 1. The van der Waals surface area contributed by atoms with Crippen LogP contribution in [0.1, 0.15) is 31.9 Å². The molecule has 0 spiro atoms. The molecule has 0 aliphatic carbocycles. The van der Waals surface area contributed by atoms with Gasteiger partial charge in [0.2, 0.25) is 14.8 Å². The topological polar surface area (TPSA) is 72.3 Å². The van der Waals surface area contributed by atoms with Gasteiger partial charge in [0.25, 0.3) is 6.43 Å². The third-order valence-corrected chi connectivity index (χ3v) is 6.95. The molecule has 6 nitrogen and oxygen atoms in total. The van der Waals surface area contributed by atoms with Crippen molar-refractivity contribution in [3.8, 4) is 0 Å². The van der Waals surface area contributed by atoms with E-state index in [1.165, 1.54) is 0 Å². The van der Waals surface area contributed by atoms with E-state index >= 15 is 4.39 Å². The summed E-state index contributed by atoms with van der Waals surface area (Å²) in [6, 6.07) is 0.570. The summed E-state index contributed by atoms with van der Waals surface area (Å²) < 4.78 is 104. The molecule has 1 saturated heterocycles. The fourth-order valence-electron chi connectivity index (χ4n) is 3.03. The summed E-state index contributed by atoms with van der Waals surface area (Å²) in [7, 11) is -3.70. The van der Waals surface area contributed by atoms with Gasteiger partial charge in [0.05, 0.1) is 0 Å². The van der Waals surface area contributed by atoms with E-state index in [2.05, 4.69) is 5.10 Å². The number of amides is 1. The van der Waals surface area contributed by atoms with E-state index in [0.717, 1.165) is 14.0 Å². The Labute approximate surface area is 151 Å². The van der Waals surface area contributed by atoms with Gasteiger partial charge in [0.15, 0.2) is 5.03 Å². The van der Waals surface area contributed by atoms with E-state index in [0.29, 0.717) is 15.6 Å². The molecule has 154 valence electrons. The number of likely N-dealkylation sites (tertiary alicyclic amines) is 1. The number of rotatable bonds is 4. The number of carbonyl (C=O) groups is 1. The summed E-state index contributed by atoms with van der Waals surface area (Å²) in [5, 5.41) is -0.350. The van der Waals surface area contributed by atoms with Gasteiger partial charge in [-0.15, -0.1) is 0 Å². The highest BCUT2D eigenvalue weighted by molar-refractivity contribution is 7.92. The fraction of sp³-hybridized carbons (Fsp3) is 0.714. The summed E-state index contributed by atoms with van der Waals surface area (Å²) >= 11 is 0. The number of alkyl halides is 6. The summed E-state index contributed by atoms with van der Waals surface area (Å²) in [5.74, 6) is -3.29. The maximum atomic E-state index is 15.2. The second-order valence-corrected chi connectivity index (χ2v) is 8.61. The first-order valence-electron chi connectivity index (χ1n) is 7.81. The van der Waals surface area contributed by atoms with Crippen LogP contribution in [0.15, 0.2) is 11.1 Å². The second kappa shape index (κ2) is 6.99. The monoisotopic (exact) mass is 421 g/mol. The Hall–Kier alpha value is -1.79. The number of nitrogens with zero attached hydrogens (tertiary/aromatic N) is 3. The predicted octanol–water partition coefficient (Wildman–Crippen LogP) is 2.62. The zero-order chi connectivity index (χ0) is 20.8. The first-order valence-corrected chi connectivity index (χ1v) is 9.29. The van der Waals surface area contributed by atoms with Gasteiger partial charge in [-0.1, -0.05) is 0 Å². The van der Waals surface area contributed by atoms with Gasteiger partial charge in [0, 0.05) is 32.1 Å². The Kier molecular flexibility index (Phi) is 5.56. The highest BCUT2D eigenvalue weighted by Crippen LogP contribution is 2.40. The zero-order valence-corrected chi connectivity index (χ0v) is 15.1. The molecule has 0 aromatic carbocycles. The van der Waals surface area contributed by atoms with Gasteiger partial charge in [-0.3, -0.25) is 9.48 Å². The molecular formula is C14H17F6N3O3S. The lowest BCUT2D eigenvalue weighted by Gasteiger charge is -2.37. The molecule has 13 heteroatoms. The van der Waals surface area contributed by atoms with Crippen LogP contribution in [-0.2, 0) is 21.7 Å².